The minimum atomic E-state index is -0.824. The molecule has 0 aliphatic heterocycles. The fourth-order valence-electron chi connectivity index (χ4n) is 1.93. The first kappa shape index (κ1) is 15.0. The van der Waals surface area contributed by atoms with Gasteiger partial charge in [0.15, 0.2) is 5.75 Å². The number of benzene rings is 1. The van der Waals surface area contributed by atoms with Crippen LogP contribution in [0.15, 0.2) is 39.6 Å². The number of hydrogen-bond acceptors (Lipinski definition) is 5. The summed E-state index contributed by atoms with van der Waals surface area (Å²) in [6, 6.07) is 4.99. The number of allylic oxidation sites excluding steroid dienone is 1. The molecule has 0 bridgehead atoms. The van der Waals surface area contributed by atoms with Gasteiger partial charge in [0.2, 0.25) is 5.75 Å². The van der Waals surface area contributed by atoms with E-state index in [0.717, 1.165) is 6.42 Å². The highest BCUT2D eigenvalue weighted by Crippen LogP contribution is 2.33. The summed E-state index contributed by atoms with van der Waals surface area (Å²) in [5.41, 5.74) is -0.508. The van der Waals surface area contributed by atoms with Gasteiger partial charge < -0.3 is 19.0 Å². The molecular formula is C16H18O5. The molecule has 2 aromatic rings. The van der Waals surface area contributed by atoms with Crippen LogP contribution in [0.5, 0.6) is 17.2 Å². The SMILES string of the molecule is CCC=CCCOc1c(O)c(=O)oc2cc(OC)ccc12. The maximum atomic E-state index is 11.6. The van der Waals surface area contributed by atoms with Crippen LogP contribution in [-0.4, -0.2) is 18.8 Å². The van der Waals surface area contributed by atoms with Gasteiger partial charge in [-0.05, 0) is 25.0 Å². The Kier molecular flexibility index (Phi) is 4.87. The highest BCUT2D eigenvalue weighted by atomic mass is 16.5. The molecule has 0 saturated heterocycles. The molecule has 0 saturated carbocycles. The monoisotopic (exact) mass is 290 g/mol. The van der Waals surface area contributed by atoms with E-state index in [-0.39, 0.29) is 5.75 Å². The zero-order chi connectivity index (χ0) is 15.2. The lowest BCUT2D eigenvalue weighted by Gasteiger charge is -2.09. The summed E-state index contributed by atoms with van der Waals surface area (Å²) in [5, 5.41) is 10.4. The van der Waals surface area contributed by atoms with Crippen LogP contribution in [0.1, 0.15) is 19.8 Å². The molecule has 2 rings (SSSR count). The first-order chi connectivity index (χ1) is 10.2. The third-order valence-electron chi connectivity index (χ3n) is 2.98. The molecule has 1 aromatic carbocycles. The Bertz CT molecular complexity index is 700. The zero-order valence-corrected chi connectivity index (χ0v) is 12.1. The van der Waals surface area contributed by atoms with Crippen LogP contribution in [0.2, 0.25) is 0 Å². The van der Waals surface area contributed by atoms with Crippen molar-refractivity contribution in [1.29, 1.82) is 0 Å². The fourth-order valence-corrected chi connectivity index (χ4v) is 1.93. The van der Waals surface area contributed by atoms with Crippen molar-refractivity contribution < 1.29 is 19.0 Å². The topological polar surface area (TPSA) is 68.9 Å². The Hall–Kier alpha value is -2.43. The van der Waals surface area contributed by atoms with Gasteiger partial charge in [0.05, 0.1) is 19.1 Å². The van der Waals surface area contributed by atoms with Crippen LogP contribution in [0, 0.1) is 0 Å². The summed E-state index contributed by atoms with van der Waals surface area (Å²) >= 11 is 0. The van der Waals surface area contributed by atoms with Crippen molar-refractivity contribution in [3.8, 4) is 17.2 Å². The van der Waals surface area contributed by atoms with Crippen LogP contribution in [0.4, 0.5) is 0 Å². The first-order valence-corrected chi connectivity index (χ1v) is 6.79. The first-order valence-electron chi connectivity index (χ1n) is 6.79. The van der Waals surface area contributed by atoms with Gasteiger partial charge in [-0.15, -0.1) is 0 Å². The number of methoxy groups -OCH3 is 1. The van der Waals surface area contributed by atoms with Crippen molar-refractivity contribution in [2.75, 3.05) is 13.7 Å². The van der Waals surface area contributed by atoms with Gasteiger partial charge in [-0.1, -0.05) is 19.1 Å². The lowest BCUT2D eigenvalue weighted by Crippen LogP contribution is -2.04. The lowest BCUT2D eigenvalue weighted by atomic mass is 10.2. The number of hydrogen-bond donors (Lipinski definition) is 1. The molecule has 0 atom stereocenters. The highest BCUT2D eigenvalue weighted by molar-refractivity contribution is 5.86. The van der Waals surface area contributed by atoms with E-state index in [2.05, 4.69) is 0 Å². The summed E-state index contributed by atoms with van der Waals surface area (Å²) in [4.78, 5) is 11.6. The molecule has 0 unspecified atom stereocenters. The summed E-state index contributed by atoms with van der Waals surface area (Å²) in [7, 11) is 1.52. The Balaban J connectivity index is 2.34. The fraction of sp³-hybridized carbons (Fsp3) is 0.312. The average molecular weight is 290 g/mol. The summed E-state index contributed by atoms with van der Waals surface area (Å²) in [6.45, 7) is 2.42. The second kappa shape index (κ2) is 6.83. The molecule has 0 aliphatic rings. The predicted octanol–water partition coefficient (Wildman–Crippen LogP) is 3.24. The average Bonchev–Trinajstić information content (AvgIpc) is 2.50. The maximum Gasteiger partial charge on any atom is 0.382 e. The van der Waals surface area contributed by atoms with E-state index in [1.807, 2.05) is 19.1 Å². The number of rotatable bonds is 6. The second-order valence-corrected chi connectivity index (χ2v) is 4.45. The van der Waals surface area contributed by atoms with Gasteiger partial charge in [0.1, 0.15) is 11.3 Å². The van der Waals surface area contributed by atoms with Crippen molar-refractivity contribution in [1.82, 2.24) is 0 Å². The van der Waals surface area contributed by atoms with E-state index >= 15 is 0 Å². The van der Waals surface area contributed by atoms with Crippen LogP contribution in [0.25, 0.3) is 11.0 Å². The van der Waals surface area contributed by atoms with Crippen LogP contribution < -0.4 is 15.1 Å². The number of ether oxygens (including phenoxy) is 2. The Labute approximate surface area is 122 Å². The molecular weight excluding hydrogens is 272 g/mol. The highest BCUT2D eigenvalue weighted by Gasteiger charge is 2.15. The van der Waals surface area contributed by atoms with Gasteiger partial charge in [-0.2, -0.15) is 0 Å². The summed E-state index contributed by atoms with van der Waals surface area (Å²) in [5.74, 6) is 0.203. The van der Waals surface area contributed by atoms with Crippen molar-refractivity contribution in [3.63, 3.8) is 0 Å². The minimum absolute atomic E-state index is 0.147. The Morgan fingerprint density at radius 3 is 2.86 bits per heavy atom. The molecule has 0 fully saturated rings. The van der Waals surface area contributed by atoms with E-state index in [1.165, 1.54) is 7.11 Å². The predicted molar refractivity (Wildman–Crippen MR) is 80.2 cm³/mol. The molecule has 5 nitrogen and oxygen atoms in total. The van der Waals surface area contributed by atoms with Crippen molar-refractivity contribution in [3.05, 3.63) is 40.8 Å². The molecule has 5 heteroatoms. The van der Waals surface area contributed by atoms with Gasteiger partial charge in [0, 0.05) is 6.07 Å². The van der Waals surface area contributed by atoms with Crippen molar-refractivity contribution in [2.45, 2.75) is 19.8 Å². The smallest absolute Gasteiger partial charge is 0.382 e. The molecule has 21 heavy (non-hydrogen) atoms. The van der Waals surface area contributed by atoms with Crippen LogP contribution in [0.3, 0.4) is 0 Å². The molecule has 0 spiro atoms. The van der Waals surface area contributed by atoms with E-state index in [1.54, 1.807) is 18.2 Å². The molecule has 0 amide bonds. The molecule has 0 aliphatic carbocycles. The van der Waals surface area contributed by atoms with E-state index in [4.69, 9.17) is 13.9 Å². The maximum absolute atomic E-state index is 11.6. The van der Waals surface area contributed by atoms with E-state index < -0.39 is 11.4 Å². The van der Waals surface area contributed by atoms with E-state index in [9.17, 15) is 9.90 Å². The van der Waals surface area contributed by atoms with Gasteiger partial charge in [0.25, 0.3) is 0 Å². The normalized spacial score (nSPS) is 11.1. The van der Waals surface area contributed by atoms with Gasteiger partial charge in [-0.25, -0.2) is 4.79 Å². The molecule has 1 N–H and O–H groups in total. The molecule has 112 valence electrons. The molecule has 1 heterocycles. The van der Waals surface area contributed by atoms with Crippen molar-refractivity contribution >= 4 is 11.0 Å². The Morgan fingerprint density at radius 1 is 1.33 bits per heavy atom. The van der Waals surface area contributed by atoms with Crippen molar-refractivity contribution in [2.24, 2.45) is 0 Å². The molecule has 0 radical (unpaired) electrons. The van der Waals surface area contributed by atoms with Gasteiger partial charge >= 0.3 is 5.63 Å². The summed E-state index contributed by atoms with van der Waals surface area (Å²) in [6.07, 6.45) is 5.69. The van der Waals surface area contributed by atoms with Gasteiger partial charge in [-0.3, -0.25) is 0 Å². The third kappa shape index (κ3) is 3.37. The number of fused-ring (bicyclic) bond motifs is 1. The standard InChI is InChI=1S/C16H18O5/c1-3-4-5-6-9-20-15-12-8-7-11(19-2)10-13(12)21-16(18)14(15)17/h4-5,7-8,10,17H,3,6,9H2,1-2H3. The third-order valence-corrected chi connectivity index (χ3v) is 2.98. The second-order valence-electron chi connectivity index (χ2n) is 4.45. The number of aromatic hydroxyl groups is 1. The quantitative estimate of drug-likeness (QED) is 0.502. The lowest BCUT2D eigenvalue weighted by molar-refractivity contribution is 0.301. The Morgan fingerprint density at radius 2 is 2.14 bits per heavy atom. The molecule has 1 aromatic heterocycles. The summed E-state index contributed by atoms with van der Waals surface area (Å²) < 4.78 is 15.7. The largest absolute Gasteiger partial charge is 0.499 e. The van der Waals surface area contributed by atoms with Crippen LogP contribution in [-0.2, 0) is 0 Å². The minimum Gasteiger partial charge on any atom is -0.499 e. The zero-order valence-electron chi connectivity index (χ0n) is 12.1. The van der Waals surface area contributed by atoms with E-state index in [0.29, 0.717) is 29.7 Å². The van der Waals surface area contributed by atoms with Crippen LogP contribution >= 0.6 is 0 Å².